The number of nitrogens with zero attached hydrogens (tertiary/aromatic N) is 2. The van der Waals surface area contributed by atoms with Crippen LogP contribution in [-0.2, 0) is 0 Å². The van der Waals surface area contributed by atoms with Gasteiger partial charge in [-0.2, -0.15) is 0 Å². The van der Waals surface area contributed by atoms with E-state index in [1.807, 2.05) is 13.0 Å². The average molecular weight is 332 g/mol. The van der Waals surface area contributed by atoms with Crippen molar-refractivity contribution in [3.05, 3.63) is 39.8 Å². The molecule has 0 amide bonds. The van der Waals surface area contributed by atoms with Crippen LogP contribution in [0.5, 0.6) is 0 Å². The van der Waals surface area contributed by atoms with Gasteiger partial charge in [0.2, 0.25) is 0 Å². The van der Waals surface area contributed by atoms with Crippen molar-refractivity contribution in [3.63, 3.8) is 0 Å². The van der Waals surface area contributed by atoms with E-state index in [1.165, 1.54) is 11.3 Å². The van der Waals surface area contributed by atoms with Crippen molar-refractivity contribution in [3.8, 4) is 0 Å². The smallest absolute Gasteiger partial charge is 0.168 e. The first-order chi connectivity index (χ1) is 7.75. The summed E-state index contributed by atoms with van der Waals surface area (Å²) in [4.78, 5) is 6.71. The molecular weight excluding hydrogens is 320 g/mol. The third-order valence-corrected chi connectivity index (χ3v) is 4.15. The fourth-order valence-electron chi connectivity index (χ4n) is 1.95. The molecular formula is C12H12BrClN2S. The molecule has 90 valence electrons. The molecule has 0 bridgehead atoms. The van der Waals surface area contributed by atoms with E-state index in [9.17, 15) is 0 Å². The van der Waals surface area contributed by atoms with Crippen molar-refractivity contribution in [2.75, 3.05) is 13.1 Å². The van der Waals surface area contributed by atoms with Crippen LogP contribution in [0.2, 0.25) is 5.02 Å². The van der Waals surface area contributed by atoms with Crippen molar-refractivity contribution in [1.29, 1.82) is 0 Å². The lowest BCUT2D eigenvalue weighted by Crippen LogP contribution is -2.19. The van der Waals surface area contributed by atoms with Gasteiger partial charge in [-0.3, -0.25) is 4.99 Å². The molecule has 17 heavy (non-hydrogen) atoms. The molecule has 0 saturated carbocycles. The monoisotopic (exact) mass is 330 g/mol. The van der Waals surface area contributed by atoms with E-state index in [1.54, 1.807) is 11.8 Å². The van der Waals surface area contributed by atoms with Gasteiger partial charge in [0.05, 0.1) is 12.2 Å². The Bertz CT molecular complexity index is 513. The Morgan fingerprint density at radius 2 is 2.24 bits per heavy atom. The minimum Gasteiger partial charge on any atom is -0.318 e. The Morgan fingerprint density at radius 1 is 1.41 bits per heavy atom. The molecule has 1 aromatic rings. The van der Waals surface area contributed by atoms with E-state index >= 15 is 0 Å². The van der Waals surface area contributed by atoms with Gasteiger partial charge in [-0.15, -0.1) is 17.0 Å². The number of halogens is 2. The summed E-state index contributed by atoms with van der Waals surface area (Å²) in [7, 11) is 0. The molecule has 0 fully saturated rings. The van der Waals surface area contributed by atoms with Crippen molar-refractivity contribution in [2.24, 2.45) is 4.99 Å². The summed E-state index contributed by atoms with van der Waals surface area (Å²) in [6, 6.07) is 6.17. The number of rotatable bonds is 1. The first-order valence-electron chi connectivity index (χ1n) is 5.21. The Morgan fingerprint density at radius 3 is 3.00 bits per heavy atom. The fraction of sp³-hybridized carbons (Fsp3) is 0.250. The predicted octanol–water partition coefficient (Wildman–Crippen LogP) is 3.94. The van der Waals surface area contributed by atoms with Crippen LogP contribution in [0, 0.1) is 6.92 Å². The van der Waals surface area contributed by atoms with Gasteiger partial charge < -0.3 is 4.90 Å². The zero-order chi connectivity index (χ0) is 11.1. The molecule has 0 saturated heterocycles. The maximum atomic E-state index is 6.04. The summed E-state index contributed by atoms with van der Waals surface area (Å²) in [5.41, 5.74) is 3.59. The molecule has 0 radical (unpaired) electrons. The molecule has 0 aromatic heterocycles. The second kappa shape index (κ2) is 5.04. The normalized spacial score (nSPS) is 17.4. The quantitative estimate of drug-likeness (QED) is 0.774. The van der Waals surface area contributed by atoms with E-state index in [-0.39, 0.29) is 17.0 Å². The standard InChI is InChI=1S/C12H11ClN2S.BrH/c1-8-6-9(2-3-10(8)13)11-7-16-12-14-4-5-15(11)12;/h2-3,6-7H,4-5H2,1H3;1H. The Kier molecular flexibility index (Phi) is 3.85. The van der Waals surface area contributed by atoms with Gasteiger partial charge in [0, 0.05) is 17.0 Å². The molecule has 3 rings (SSSR count). The van der Waals surface area contributed by atoms with E-state index in [0.717, 1.165) is 28.8 Å². The van der Waals surface area contributed by atoms with Crippen LogP contribution in [0.25, 0.3) is 5.70 Å². The number of thioether (sulfide) groups is 1. The van der Waals surface area contributed by atoms with E-state index in [4.69, 9.17) is 11.6 Å². The van der Waals surface area contributed by atoms with Crippen LogP contribution in [-0.4, -0.2) is 23.2 Å². The molecule has 0 N–H and O–H groups in total. The number of aliphatic imine (C=N–C) groups is 1. The van der Waals surface area contributed by atoms with E-state index in [0.29, 0.717) is 0 Å². The lowest BCUT2D eigenvalue weighted by Gasteiger charge is -2.17. The Balaban J connectivity index is 0.00000108. The first-order valence-corrected chi connectivity index (χ1v) is 6.47. The lowest BCUT2D eigenvalue weighted by atomic mass is 10.1. The molecule has 1 aromatic carbocycles. The average Bonchev–Trinajstić information content (AvgIpc) is 2.83. The maximum Gasteiger partial charge on any atom is 0.168 e. The molecule has 2 aliphatic heterocycles. The highest BCUT2D eigenvalue weighted by Crippen LogP contribution is 2.35. The van der Waals surface area contributed by atoms with Crippen molar-refractivity contribution < 1.29 is 0 Å². The highest BCUT2D eigenvalue weighted by Gasteiger charge is 2.26. The first kappa shape index (κ1) is 13.0. The maximum absolute atomic E-state index is 6.04. The van der Waals surface area contributed by atoms with Crippen LogP contribution in [0.4, 0.5) is 0 Å². The van der Waals surface area contributed by atoms with Gasteiger partial charge in [-0.25, -0.2) is 0 Å². The van der Waals surface area contributed by atoms with Gasteiger partial charge in [0.15, 0.2) is 5.17 Å². The third-order valence-electron chi connectivity index (χ3n) is 2.82. The molecule has 0 spiro atoms. The summed E-state index contributed by atoms with van der Waals surface area (Å²) >= 11 is 7.74. The van der Waals surface area contributed by atoms with Gasteiger partial charge in [0.1, 0.15) is 0 Å². The highest BCUT2D eigenvalue weighted by atomic mass is 79.9. The SMILES string of the molecule is Br.Cc1cc(C2=CSC3=NCCN23)ccc1Cl. The number of benzene rings is 1. The lowest BCUT2D eigenvalue weighted by molar-refractivity contribution is 0.650. The van der Waals surface area contributed by atoms with E-state index < -0.39 is 0 Å². The van der Waals surface area contributed by atoms with E-state index in [2.05, 4.69) is 27.4 Å². The van der Waals surface area contributed by atoms with Crippen LogP contribution >= 0.6 is 40.3 Å². The molecule has 2 nitrogen and oxygen atoms in total. The highest BCUT2D eigenvalue weighted by molar-refractivity contribution is 8.93. The van der Waals surface area contributed by atoms with Crippen molar-refractivity contribution in [2.45, 2.75) is 6.92 Å². The zero-order valence-corrected chi connectivity index (χ0v) is 12.6. The minimum absolute atomic E-state index is 0. The Hall–Kier alpha value is -0.450. The van der Waals surface area contributed by atoms with Crippen LogP contribution in [0.3, 0.4) is 0 Å². The van der Waals surface area contributed by atoms with Crippen LogP contribution in [0.1, 0.15) is 11.1 Å². The molecule has 0 aliphatic carbocycles. The summed E-state index contributed by atoms with van der Waals surface area (Å²) in [5.74, 6) is 0. The van der Waals surface area contributed by atoms with Gasteiger partial charge in [-0.05, 0) is 30.2 Å². The second-order valence-electron chi connectivity index (χ2n) is 3.90. The summed E-state index contributed by atoms with van der Waals surface area (Å²) in [5, 5.41) is 4.12. The molecule has 2 aliphatic rings. The van der Waals surface area contributed by atoms with Crippen LogP contribution in [0.15, 0.2) is 28.6 Å². The minimum atomic E-state index is 0. The number of hydrogen-bond donors (Lipinski definition) is 0. The molecule has 2 heterocycles. The van der Waals surface area contributed by atoms with Gasteiger partial charge in [-0.1, -0.05) is 29.4 Å². The molecule has 0 atom stereocenters. The number of fused-ring (bicyclic) bond motifs is 1. The summed E-state index contributed by atoms with van der Waals surface area (Å²) in [6.45, 7) is 3.94. The largest absolute Gasteiger partial charge is 0.318 e. The second-order valence-corrected chi connectivity index (χ2v) is 5.14. The van der Waals surface area contributed by atoms with Crippen LogP contribution < -0.4 is 0 Å². The fourth-order valence-corrected chi connectivity index (χ4v) is 3.03. The Labute approximate surface area is 121 Å². The summed E-state index contributed by atoms with van der Waals surface area (Å²) < 4.78 is 0. The third kappa shape index (κ3) is 2.26. The topological polar surface area (TPSA) is 15.6 Å². The number of amidine groups is 1. The number of hydrogen-bond acceptors (Lipinski definition) is 3. The number of aryl methyl sites for hydroxylation is 1. The van der Waals surface area contributed by atoms with Crippen molar-refractivity contribution >= 4 is 51.2 Å². The zero-order valence-electron chi connectivity index (χ0n) is 9.31. The van der Waals surface area contributed by atoms with Gasteiger partial charge in [0.25, 0.3) is 0 Å². The molecule has 0 unspecified atom stereocenters. The molecule has 5 heteroatoms. The predicted molar refractivity (Wildman–Crippen MR) is 81.1 cm³/mol. The van der Waals surface area contributed by atoms with Gasteiger partial charge >= 0.3 is 0 Å². The van der Waals surface area contributed by atoms with Crippen molar-refractivity contribution in [1.82, 2.24) is 4.90 Å². The summed E-state index contributed by atoms with van der Waals surface area (Å²) in [6.07, 6.45) is 0.